The summed E-state index contributed by atoms with van der Waals surface area (Å²) in [6.07, 6.45) is 0. The molecule has 0 unspecified atom stereocenters. The van der Waals surface area contributed by atoms with Crippen LogP contribution in [0.5, 0.6) is 0 Å². The van der Waals surface area contributed by atoms with Crippen molar-refractivity contribution in [3.05, 3.63) is 35.9 Å². The first kappa shape index (κ1) is 15.9. The molecule has 1 fully saturated rings. The minimum absolute atomic E-state index is 0.142. The number of carbonyl (C=O) groups excluding carboxylic acids is 1. The van der Waals surface area contributed by atoms with E-state index in [0.717, 1.165) is 13.1 Å². The standard InChI is InChI=1S/C16H25N3O2/c1-21-8-7-18-10-16(20)19-11-14(9-17)15(12-19)13-5-3-2-4-6-13/h2-6,14-15,18H,7-12,17H2,1H3/t14-,15+/m1/s1. The number of ether oxygens (including phenoxy) is 1. The number of likely N-dealkylation sites (tertiary alicyclic amines) is 1. The molecule has 1 aliphatic heterocycles. The summed E-state index contributed by atoms with van der Waals surface area (Å²) in [6.45, 7) is 3.80. The van der Waals surface area contributed by atoms with Gasteiger partial charge in [-0.3, -0.25) is 4.79 Å². The second-order valence-corrected chi connectivity index (χ2v) is 5.48. The first-order chi connectivity index (χ1) is 10.3. The van der Waals surface area contributed by atoms with Crippen molar-refractivity contribution in [3.63, 3.8) is 0 Å². The van der Waals surface area contributed by atoms with E-state index >= 15 is 0 Å². The highest BCUT2D eigenvalue weighted by atomic mass is 16.5. The van der Waals surface area contributed by atoms with Crippen LogP contribution in [0.2, 0.25) is 0 Å². The van der Waals surface area contributed by atoms with Crippen molar-refractivity contribution in [2.75, 3.05) is 46.4 Å². The fourth-order valence-corrected chi connectivity index (χ4v) is 2.87. The van der Waals surface area contributed by atoms with Crippen LogP contribution in [0.4, 0.5) is 0 Å². The predicted molar refractivity (Wildman–Crippen MR) is 83.1 cm³/mol. The van der Waals surface area contributed by atoms with Crippen LogP contribution in [0.15, 0.2) is 30.3 Å². The molecule has 1 heterocycles. The Hall–Kier alpha value is -1.43. The van der Waals surface area contributed by atoms with Gasteiger partial charge in [0.2, 0.25) is 5.91 Å². The molecule has 2 atom stereocenters. The van der Waals surface area contributed by atoms with Crippen LogP contribution in [0, 0.1) is 5.92 Å². The Bertz CT molecular complexity index is 438. The second kappa shape index (κ2) is 8.12. The van der Waals surface area contributed by atoms with Gasteiger partial charge in [0, 0.05) is 32.7 Å². The number of methoxy groups -OCH3 is 1. The van der Waals surface area contributed by atoms with Gasteiger partial charge < -0.3 is 20.7 Å². The Morgan fingerprint density at radius 1 is 1.38 bits per heavy atom. The third kappa shape index (κ3) is 4.27. The molecule has 1 aromatic carbocycles. The number of nitrogens with two attached hydrogens (primary N) is 1. The van der Waals surface area contributed by atoms with E-state index in [-0.39, 0.29) is 5.91 Å². The molecule has 0 saturated carbocycles. The summed E-state index contributed by atoms with van der Waals surface area (Å²) in [5.41, 5.74) is 7.17. The molecule has 1 aromatic rings. The van der Waals surface area contributed by atoms with Crippen LogP contribution < -0.4 is 11.1 Å². The Morgan fingerprint density at radius 3 is 2.81 bits per heavy atom. The summed E-state index contributed by atoms with van der Waals surface area (Å²) in [5.74, 6) is 0.831. The average Bonchev–Trinajstić information content (AvgIpc) is 2.96. The summed E-state index contributed by atoms with van der Waals surface area (Å²) in [7, 11) is 1.65. The van der Waals surface area contributed by atoms with E-state index < -0.39 is 0 Å². The van der Waals surface area contributed by atoms with Gasteiger partial charge in [-0.15, -0.1) is 0 Å². The highest BCUT2D eigenvalue weighted by Crippen LogP contribution is 2.31. The topological polar surface area (TPSA) is 67.6 Å². The van der Waals surface area contributed by atoms with Crippen LogP contribution in [-0.4, -0.2) is 57.2 Å². The van der Waals surface area contributed by atoms with E-state index in [4.69, 9.17) is 10.5 Å². The Labute approximate surface area is 126 Å². The van der Waals surface area contributed by atoms with Gasteiger partial charge in [-0.1, -0.05) is 30.3 Å². The van der Waals surface area contributed by atoms with Crippen molar-refractivity contribution in [2.24, 2.45) is 11.7 Å². The molecular weight excluding hydrogens is 266 g/mol. The molecule has 1 amide bonds. The van der Waals surface area contributed by atoms with Crippen molar-refractivity contribution in [2.45, 2.75) is 5.92 Å². The van der Waals surface area contributed by atoms with Crippen LogP contribution >= 0.6 is 0 Å². The number of benzene rings is 1. The summed E-state index contributed by atoms with van der Waals surface area (Å²) < 4.78 is 4.95. The van der Waals surface area contributed by atoms with E-state index in [0.29, 0.717) is 38.1 Å². The molecule has 1 aliphatic rings. The number of rotatable bonds is 7. The maximum Gasteiger partial charge on any atom is 0.236 e. The number of hydrogen-bond donors (Lipinski definition) is 2. The molecule has 2 rings (SSSR count). The van der Waals surface area contributed by atoms with Gasteiger partial charge in [0.1, 0.15) is 0 Å². The molecule has 0 radical (unpaired) electrons. The van der Waals surface area contributed by atoms with Crippen LogP contribution in [0.25, 0.3) is 0 Å². The minimum atomic E-state index is 0.142. The normalized spacial score (nSPS) is 21.7. The van der Waals surface area contributed by atoms with E-state index in [1.165, 1.54) is 5.56 Å². The minimum Gasteiger partial charge on any atom is -0.383 e. The lowest BCUT2D eigenvalue weighted by Crippen LogP contribution is -2.38. The molecule has 3 N–H and O–H groups in total. The Balaban J connectivity index is 1.91. The first-order valence-corrected chi connectivity index (χ1v) is 7.48. The van der Waals surface area contributed by atoms with Gasteiger partial charge in [0.05, 0.1) is 13.2 Å². The summed E-state index contributed by atoms with van der Waals surface area (Å²) in [6, 6.07) is 10.3. The second-order valence-electron chi connectivity index (χ2n) is 5.48. The fourth-order valence-electron chi connectivity index (χ4n) is 2.87. The third-order valence-corrected chi connectivity index (χ3v) is 4.08. The molecule has 5 heteroatoms. The molecule has 5 nitrogen and oxygen atoms in total. The monoisotopic (exact) mass is 291 g/mol. The van der Waals surface area contributed by atoms with E-state index in [2.05, 4.69) is 17.4 Å². The molecule has 0 bridgehead atoms. The predicted octanol–water partition coefficient (Wildman–Crippen LogP) is 0.423. The van der Waals surface area contributed by atoms with Gasteiger partial charge in [0.25, 0.3) is 0 Å². The highest BCUT2D eigenvalue weighted by molar-refractivity contribution is 5.78. The number of hydrogen-bond acceptors (Lipinski definition) is 4. The van der Waals surface area contributed by atoms with Crippen molar-refractivity contribution < 1.29 is 9.53 Å². The molecule has 0 spiro atoms. The molecular formula is C16H25N3O2. The number of nitrogens with one attached hydrogen (secondary N) is 1. The number of nitrogens with zero attached hydrogens (tertiary/aromatic N) is 1. The van der Waals surface area contributed by atoms with E-state index in [9.17, 15) is 4.79 Å². The van der Waals surface area contributed by atoms with Crippen molar-refractivity contribution >= 4 is 5.91 Å². The maximum atomic E-state index is 12.2. The van der Waals surface area contributed by atoms with Crippen molar-refractivity contribution in [1.29, 1.82) is 0 Å². The highest BCUT2D eigenvalue weighted by Gasteiger charge is 2.34. The maximum absolute atomic E-state index is 12.2. The molecule has 0 aromatic heterocycles. The summed E-state index contributed by atoms with van der Waals surface area (Å²) in [5, 5.41) is 3.10. The number of amides is 1. The van der Waals surface area contributed by atoms with E-state index in [1.54, 1.807) is 7.11 Å². The zero-order chi connectivity index (χ0) is 15.1. The average molecular weight is 291 g/mol. The lowest BCUT2D eigenvalue weighted by atomic mass is 9.89. The van der Waals surface area contributed by atoms with Gasteiger partial charge in [0.15, 0.2) is 0 Å². The fraction of sp³-hybridized carbons (Fsp3) is 0.562. The lowest BCUT2D eigenvalue weighted by molar-refractivity contribution is -0.129. The number of carbonyl (C=O) groups is 1. The molecule has 0 aliphatic carbocycles. The smallest absolute Gasteiger partial charge is 0.236 e. The lowest BCUT2D eigenvalue weighted by Gasteiger charge is -2.17. The van der Waals surface area contributed by atoms with E-state index in [1.807, 2.05) is 23.1 Å². The van der Waals surface area contributed by atoms with Crippen molar-refractivity contribution in [3.8, 4) is 0 Å². The first-order valence-electron chi connectivity index (χ1n) is 7.48. The largest absolute Gasteiger partial charge is 0.383 e. The summed E-state index contributed by atoms with van der Waals surface area (Å²) in [4.78, 5) is 14.2. The van der Waals surface area contributed by atoms with Gasteiger partial charge in [-0.05, 0) is 18.0 Å². The summed E-state index contributed by atoms with van der Waals surface area (Å²) >= 11 is 0. The third-order valence-electron chi connectivity index (χ3n) is 4.08. The quantitative estimate of drug-likeness (QED) is 0.715. The molecule has 1 saturated heterocycles. The SMILES string of the molecule is COCCNCC(=O)N1C[C@@H](CN)[C@H](c2ccccc2)C1. The van der Waals surface area contributed by atoms with Gasteiger partial charge >= 0.3 is 0 Å². The van der Waals surface area contributed by atoms with Gasteiger partial charge in [-0.25, -0.2) is 0 Å². The zero-order valence-electron chi connectivity index (χ0n) is 12.6. The van der Waals surface area contributed by atoms with Gasteiger partial charge in [-0.2, -0.15) is 0 Å². The van der Waals surface area contributed by atoms with Crippen LogP contribution in [-0.2, 0) is 9.53 Å². The zero-order valence-corrected chi connectivity index (χ0v) is 12.6. The molecule has 116 valence electrons. The van der Waals surface area contributed by atoms with Crippen LogP contribution in [0.3, 0.4) is 0 Å². The molecule has 21 heavy (non-hydrogen) atoms. The van der Waals surface area contributed by atoms with Crippen LogP contribution in [0.1, 0.15) is 11.5 Å². The van der Waals surface area contributed by atoms with Crippen molar-refractivity contribution in [1.82, 2.24) is 10.2 Å². The Morgan fingerprint density at radius 2 is 2.14 bits per heavy atom. The Kier molecular flexibility index (Phi) is 6.17.